The van der Waals surface area contributed by atoms with Crippen LogP contribution in [0.25, 0.3) is 0 Å². The molecule has 4 aliphatic rings. The molecular formula is C32H46N2O4. The van der Waals surface area contributed by atoms with Crippen molar-refractivity contribution in [1.82, 2.24) is 10.6 Å². The molecule has 0 saturated carbocycles. The molecule has 6 rings (SSSR count). The van der Waals surface area contributed by atoms with Crippen molar-refractivity contribution < 1.29 is 18.9 Å². The van der Waals surface area contributed by atoms with Crippen LogP contribution in [0.3, 0.4) is 0 Å². The molecule has 4 heterocycles. The Morgan fingerprint density at radius 1 is 0.632 bits per heavy atom. The first kappa shape index (κ1) is 27.8. The molecule has 0 spiro atoms. The van der Waals surface area contributed by atoms with Crippen LogP contribution in [0.15, 0.2) is 60.7 Å². The summed E-state index contributed by atoms with van der Waals surface area (Å²) in [6, 6.07) is 21.5. The monoisotopic (exact) mass is 522 g/mol. The van der Waals surface area contributed by atoms with E-state index in [2.05, 4.69) is 48.7 Å². The first-order valence-corrected chi connectivity index (χ1v) is 14.9. The van der Waals surface area contributed by atoms with Crippen molar-refractivity contribution in [2.45, 2.75) is 101 Å². The van der Waals surface area contributed by atoms with Crippen molar-refractivity contribution in [3.8, 4) is 0 Å². The summed E-state index contributed by atoms with van der Waals surface area (Å²) in [5, 5.41) is 7.14. The second kappa shape index (κ2) is 13.0. The third-order valence-electron chi connectivity index (χ3n) is 8.60. The van der Waals surface area contributed by atoms with Gasteiger partial charge in [-0.15, -0.1) is 0 Å². The first-order chi connectivity index (χ1) is 18.7. The van der Waals surface area contributed by atoms with Gasteiger partial charge in [0.05, 0.1) is 13.2 Å². The van der Waals surface area contributed by atoms with Crippen LogP contribution in [0.5, 0.6) is 0 Å². The Labute approximate surface area is 228 Å². The van der Waals surface area contributed by atoms with Crippen LogP contribution in [0.4, 0.5) is 0 Å². The zero-order chi connectivity index (χ0) is 26.3. The third kappa shape index (κ3) is 6.16. The van der Waals surface area contributed by atoms with Crippen molar-refractivity contribution in [3.05, 3.63) is 71.8 Å². The molecule has 0 aliphatic carbocycles. The van der Waals surface area contributed by atoms with Gasteiger partial charge in [-0.3, -0.25) is 0 Å². The lowest BCUT2D eigenvalue weighted by Gasteiger charge is -2.31. The molecule has 0 unspecified atom stereocenters. The maximum atomic E-state index is 6.34. The summed E-state index contributed by atoms with van der Waals surface area (Å²) in [6.45, 7) is 7.86. The predicted molar refractivity (Wildman–Crippen MR) is 150 cm³/mol. The average Bonchev–Trinajstić information content (AvgIpc) is 3.66. The van der Waals surface area contributed by atoms with E-state index in [0.29, 0.717) is 25.3 Å². The Balaban J connectivity index is 0.000000155. The summed E-state index contributed by atoms with van der Waals surface area (Å²) >= 11 is 0. The topological polar surface area (TPSA) is 61.0 Å². The van der Waals surface area contributed by atoms with Gasteiger partial charge in [-0.05, 0) is 38.8 Å². The summed E-state index contributed by atoms with van der Waals surface area (Å²) in [5.41, 5.74) is 2.27. The second-order valence-electron chi connectivity index (χ2n) is 11.0. The molecule has 2 N–H and O–H groups in total. The number of benzene rings is 2. The number of rotatable bonds is 6. The summed E-state index contributed by atoms with van der Waals surface area (Å²) in [5.74, 6) is -1.07. The van der Waals surface area contributed by atoms with Gasteiger partial charge in [-0.25, -0.2) is 0 Å². The quantitative estimate of drug-likeness (QED) is 0.514. The summed E-state index contributed by atoms with van der Waals surface area (Å²) in [7, 11) is 0. The van der Waals surface area contributed by atoms with E-state index in [1.165, 1.54) is 38.5 Å². The van der Waals surface area contributed by atoms with Gasteiger partial charge in [-0.1, -0.05) is 87.4 Å². The van der Waals surface area contributed by atoms with Gasteiger partial charge < -0.3 is 29.6 Å². The van der Waals surface area contributed by atoms with Crippen molar-refractivity contribution in [3.63, 3.8) is 0 Å². The molecule has 38 heavy (non-hydrogen) atoms. The minimum absolute atomic E-state index is 0.181. The Bertz CT molecular complexity index is 884. The van der Waals surface area contributed by atoms with E-state index in [1.54, 1.807) is 0 Å². The lowest BCUT2D eigenvalue weighted by molar-refractivity contribution is -0.182. The fourth-order valence-corrected chi connectivity index (χ4v) is 6.31. The minimum atomic E-state index is -0.537. The highest BCUT2D eigenvalue weighted by Crippen LogP contribution is 2.40. The Morgan fingerprint density at radius 2 is 1.05 bits per heavy atom. The van der Waals surface area contributed by atoms with Crippen LogP contribution in [0.2, 0.25) is 0 Å². The lowest BCUT2D eigenvalue weighted by Crippen LogP contribution is -2.45. The van der Waals surface area contributed by atoms with E-state index in [9.17, 15) is 0 Å². The van der Waals surface area contributed by atoms with Gasteiger partial charge in [0.1, 0.15) is 12.2 Å². The number of piperidine rings is 2. The van der Waals surface area contributed by atoms with Crippen LogP contribution in [0, 0.1) is 0 Å². The van der Waals surface area contributed by atoms with Gasteiger partial charge in [-0.2, -0.15) is 0 Å². The standard InChI is InChI=1S/2C16H23NO2/c2*1-2-16(13-8-4-3-5-9-13)18-12-15(19-16)14-10-6-7-11-17-14/h2*3-5,8-9,14-15,17H,2,6-7,10-12H2,1H3/t14-,15-,16+;14-,15-,16-/m00/s1. The van der Waals surface area contributed by atoms with E-state index in [0.717, 1.165) is 37.1 Å². The minimum Gasteiger partial charge on any atom is -0.343 e. The predicted octanol–water partition coefficient (Wildman–Crippen LogP) is 5.61. The fourth-order valence-electron chi connectivity index (χ4n) is 6.31. The molecule has 6 atom stereocenters. The summed E-state index contributed by atoms with van der Waals surface area (Å²) < 4.78 is 24.8. The summed E-state index contributed by atoms with van der Waals surface area (Å²) in [4.78, 5) is 0. The highest BCUT2D eigenvalue weighted by molar-refractivity contribution is 5.22. The van der Waals surface area contributed by atoms with Crippen LogP contribution < -0.4 is 10.6 Å². The number of hydrogen-bond acceptors (Lipinski definition) is 6. The van der Waals surface area contributed by atoms with Gasteiger partial charge in [0, 0.05) is 36.1 Å². The molecule has 2 aromatic rings. The van der Waals surface area contributed by atoms with Crippen molar-refractivity contribution in [2.75, 3.05) is 26.3 Å². The van der Waals surface area contributed by atoms with Gasteiger partial charge in [0.2, 0.25) is 0 Å². The normalized spacial score (nSPS) is 35.4. The maximum Gasteiger partial charge on any atom is 0.195 e. The number of ether oxygens (including phenoxy) is 4. The van der Waals surface area contributed by atoms with E-state index in [-0.39, 0.29) is 12.2 Å². The lowest BCUT2D eigenvalue weighted by atomic mass is 10.00. The van der Waals surface area contributed by atoms with Crippen LogP contribution in [0.1, 0.15) is 76.3 Å². The molecule has 6 heteroatoms. The van der Waals surface area contributed by atoms with Gasteiger partial charge in [0.25, 0.3) is 0 Å². The molecule has 0 amide bonds. The first-order valence-electron chi connectivity index (χ1n) is 14.9. The molecule has 0 radical (unpaired) electrons. The molecule has 2 aromatic carbocycles. The number of nitrogens with one attached hydrogen (secondary N) is 2. The fraction of sp³-hybridized carbons (Fsp3) is 0.625. The van der Waals surface area contributed by atoms with E-state index >= 15 is 0 Å². The summed E-state index contributed by atoms with van der Waals surface area (Å²) in [6.07, 6.45) is 9.60. The Kier molecular flexibility index (Phi) is 9.52. The SMILES string of the molecule is CC[C@@]1(c2ccccc2)OC[C@@H]([C@@H]2CCCCN2)O1.CC[C@]1(c2ccccc2)OC[C@@H]([C@@H]2CCCCN2)O1. The van der Waals surface area contributed by atoms with E-state index in [4.69, 9.17) is 18.9 Å². The highest BCUT2D eigenvalue weighted by Gasteiger charge is 2.45. The zero-order valence-electron chi connectivity index (χ0n) is 23.2. The van der Waals surface area contributed by atoms with Gasteiger partial charge >= 0.3 is 0 Å². The molecule has 6 nitrogen and oxygen atoms in total. The Morgan fingerprint density at radius 3 is 1.39 bits per heavy atom. The maximum absolute atomic E-state index is 6.34. The molecule has 208 valence electrons. The van der Waals surface area contributed by atoms with Crippen LogP contribution in [-0.2, 0) is 30.5 Å². The smallest absolute Gasteiger partial charge is 0.195 e. The largest absolute Gasteiger partial charge is 0.343 e. The molecule has 4 fully saturated rings. The van der Waals surface area contributed by atoms with E-state index < -0.39 is 11.6 Å². The zero-order valence-corrected chi connectivity index (χ0v) is 23.2. The molecule has 0 aromatic heterocycles. The molecular weight excluding hydrogens is 476 g/mol. The second-order valence-corrected chi connectivity index (χ2v) is 11.0. The van der Waals surface area contributed by atoms with Crippen molar-refractivity contribution in [2.24, 2.45) is 0 Å². The number of hydrogen-bond donors (Lipinski definition) is 2. The third-order valence-corrected chi connectivity index (χ3v) is 8.60. The van der Waals surface area contributed by atoms with Gasteiger partial charge in [0.15, 0.2) is 11.6 Å². The molecule has 4 saturated heterocycles. The van der Waals surface area contributed by atoms with Crippen molar-refractivity contribution in [1.29, 1.82) is 0 Å². The molecule has 0 bridgehead atoms. The Hall–Kier alpha value is -1.80. The molecule has 4 aliphatic heterocycles. The average molecular weight is 523 g/mol. The van der Waals surface area contributed by atoms with E-state index in [1.807, 2.05) is 36.4 Å². The van der Waals surface area contributed by atoms with Crippen LogP contribution in [-0.4, -0.2) is 50.6 Å². The van der Waals surface area contributed by atoms with Crippen LogP contribution >= 0.6 is 0 Å². The van der Waals surface area contributed by atoms with Crippen molar-refractivity contribution >= 4 is 0 Å². The highest BCUT2D eigenvalue weighted by atomic mass is 16.8.